The van der Waals surface area contributed by atoms with Crippen molar-refractivity contribution in [1.82, 2.24) is 9.36 Å². The lowest BCUT2D eigenvalue weighted by Gasteiger charge is -2.09. The molecule has 114 valence electrons. The van der Waals surface area contributed by atoms with Gasteiger partial charge in [0.2, 0.25) is 0 Å². The molecule has 0 spiro atoms. The van der Waals surface area contributed by atoms with Gasteiger partial charge in [-0.05, 0) is 37.2 Å². The van der Waals surface area contributed by atoms with Gasteiger partial charge >= 0.3 is 0 Å². The van der Waals surface area contributed by atoms with E-state index in [1.807, 2.05) is 6.92 Å². The number of aryl methyl sites for hydroxylation is 1. The molecule has 0 amide bonds. The Morgan fingerprint density at radius 1 is 1.38 bits per heavy atom. The second-order valence-corrected chi connectivity index (χ2v) is 7.42. The van der Waals surface area contributed by atoms with Crippen LogP contribution >= 0.6 is 22.9 Å². The van der Waals surface area contributed by atoms with Crippen molar-refractivity contribution < 1.29 is 0 Å². The van der Waals surface area contributed by atoms with Crippen LogP contribution in [0, 0.1) is 12.8 Å². The monoisotopic (exact) mass is 322 g/mol. The maximum Gasteiger partial charge on any atom is 0.149 e. The van der Waals surface area contributed by atoms with Crippen molar-refractivity contribution >= 4 is 33.7 Å². The minimum absolute atomic E-state index is 0.590. The molecule has 0 aliphatic heterocycles. The summed E-state index contributed by atoms with van der Waals surface area (Å²) in [6.07, 6.45) is 8.27. The molecule has 0 atom stereocenters. The Morgan fingerprint density at radius 3 is 2.90 bits per heavy atom. The molecule has 4 nitrogen and oxygen atoms in total. The number of hydrogen-bond acceptors (Lipinski definition) is 6. The number of nitrogens with zero attached hydrogens (tertiary/aromatic N) is 2. The largest absolute Gasteiger partial charge is 0.382 e. The molecule has 3 N–H and O–H groups in total. The lowest BCUT2D eigenvalue weighted by molar-refractivity contribution is 0.491. The summed E-state index contributed by atoms with van der Waals surface area (Å²) in [4.78, 5) is 4.53. The maximum absolute atomic E-state index is 6.01. The van der Waals surface area contributed by atoms with Crippen LogP contribution in [0.2, 0.25) is 0 Å². The summed E-state index contributed by atoms with van der Waals surface area (Å²) in [5.41, 5.74) is 8.03. The number of nitrogen functional groups attached to an aromatic ring is 1. The van der Waals surface area contributed by atoms with E-state index >= 15 is 0 Å². The quantitative estimate of drug-likeness (QED) is 0.766. The lowest BCUT2D eigenvalue weighted by Crippen LogP contribution is -2.04. The first kappa shape index (κ1) is 14.8. The number of rotatable bonds is 6. The van der Waals surface area contributed by atoms with Crippen LogP contribution in [-0.2, 0) is 0 Å². The topological polar surface area (TPSA) is 63.8 Å². The second-order valence-electron chi connectivity index (χ2n) is 5.79. The predicted molar refractivity (Wildman–Crippen MR) is 92.1 cm³/mol. The van der Waals surface area contributed by atoms with E-state index in [2.05, 4.69) is 20.1 Å². The first-order chi connectivity index (χ1) is 10.2. The van der Waals surface area contributed by atoms with Crippen LogP contribution in [0.3, 0.4) is 0 Å². The Morgan fingerprint density at radius 2 is 2.19 bits per heavy atom. The molecule has 0 unspecified atom stereocenters. The fourth-order valence-corrected chi connectivity index (χ4v) is 4.65. The summed E-state index contributed by atoms with van der Waals surface area (Å²) in [6.45, 7) is 3.00. The molecule has 0 bridgehead atoms. The van der Waals surface area contributed by atoms with Crippen molar-refractivity contribution in [3.05, 3.63) is 11.1 Å². The van der Waals surface area contributed by atoms with Crippen molar-refractivity contribution in [2.45, 2.75) is 45.4 Å². The summed E-state index contributed by atoms with van der Waals surface area (Å²) in [5, 5.41) is 7.59. The zero-order chi connectivity index (χ0) is 14.7. The summed E-state index contributed by atoms with van der Waals surface area (Å²) in [5.74, 6) is 1.55. The van der Waals surface area contributed by atoms with E-state index in [-0.39, 0.29) is 0 Å². The molecule has 1 aliphatic carbocycles. The van der Waals surface area contributed by atoms with Crippen LogP contribution < -0.4 is 11.1 Å². The average molecular weight is 323 g/mol. The highest BCUT2D eigenvalue weighted by Crippen LogP contribution is 2.38. The number of nitrogens with two attached hydrogens (primary N) is 1. The van der Waals surface area contributed by atoms with Gasteiger partial charge in [-0.3, -0.25) is 0 Å². The number of aromatic nitrogens is 2. The van der Waals surface area contributed by atoms with Crippen LogP contribution in [0.5, 0.6) is 0 Å². The van der Waals surface area contributed by atoms with E-state index in [4.69, 9.17) is 5.73 Å². The third-order valence-corrected chi connectivity index (χ3v) is 5.90. The van der Waals surface area contributed by atoms with Crippen LogP contribution in [0.25, 0.3) is 10.6 Å². The SMILES string of the molecule is Cc1csc(-c2c(N)nsc2NCCCC2CCCC2)n1. The van der Waals surface area contributed by atoms with E-state index in [1.165, 1.54) is 50.1 Å². The third-order valence-electron chi connectivity index (χ3n) is 4.10. The van der Waals surface area contributed by atoms with Gasteiger partial charge in [-0.25, -0.2) is 4.98 Å². The zero-order valence-corrected chi connectivity index (χ0v) is 14.0. The first-order valence-corrected chi connectivity index (χ1v) is 9.31. The molecular formula is C15H22N4S2. The number of thiazole rings is 1. The zero-order valence-electron chi connectivity index (χ0n) is 12.4. The van der Waals surface area contributed by atoms with Gasteiger partial charge in [0, 0.05) is 17.6 Å². The average Bonchev–Trinajstić information content (AvgIpc) is 3.17. The molecule has 6 heteroatoms. The molecule has 2 aromatic heterocycles. The Kier molecular flexibility index (Phi) is 4.75. The van der Waals surface area contributed by atoms with E-state index in [9.17, 15) is 0 Å². The fraction of sp³-hybridized carbons (Fsp3) is 0.600. The van der Waals surface area contributed by atoms with Crippen LogP contribution in [0.1, 0.15) is 44.2 Å². The molecular weight excluding hydrogens is 300 g/mol. The summed E-state index contributed by atoms with van der Waals surface area (Å²) in [6, 6.07) is 0. The van der Waals surface area contributed by atoms with Gasteiger partial charge in [0.1, 0.15) is 15.8 Å². The van der Waals surface area contributed by atoms with Crippen molar-refractivity contribution in [2.75, 3.05) is 17.6 Å². The van der Waals surface area contributed by atoms with Crippen molar-refractivity contribution in [1.29, 1.82) is 0 Å². The highest BCUT2D eigenvalue weighted by molar-refractivity contribution is 7.15. The molecule has 1 aliphatic rings. The Bertz CT molecular complexity index is 584. The van der Waals surface area contributed by atoms with Gasteiger partial charge in [0.25, 0.3) is 0 Å². The molecule has 2 heterocycles. The van der Waals surface area contributed by atoms with Crippen molar-refractivity contribution in [3.8, 4) is 10.6 Å². The molecule has 0 aromatic carbocycles. The summed E-state index contributed by atoms with van der Waals surface area (Å²) in [7, 11) is 0. The normalized spacial score (nSPS) is 15.7. The minimum Gasteiger partial charge on any atom is -0.382 e. The molecule has 0 radical (unpaired) electrons. The standard InChI is InChI=1S/C15H22N4S2/c1-10-9-20-15(18-10)12-13(16)19-21-14(12)17-8-4-7-11-5-2-3-6-11/h9,11,17H,2-8H2,1H3,(H2,16,19). The van der Waals surface area contributed by atoms with Gasteiger partial charge < -0.3 is 11.1 Å². The molecule has 1 fully saturated rings. The third kappa shape index (κ3) is 3.55. The van der Waals surface area contributed by atoms with E-state index in [1.54, 1.807) is 11.3 Å². The van der Waals surface area contributed by atoms with E-state index < -0.39 is 0 Å². The van der Waals surface area contributed by atoms with Gasteiger partial charge in [0.05, 0.1) is 5.56 Å². The van der Waals surface area contributed by atoms with Gasteiger partial charge in [-0.1, -0.05) is 25.7 Å². The smallest absolute Gasteiger partial charge is 0.149 e. The molecule has 3 rings (SSSR count). The number of hydrogen-bond donors (Lipinski definition) is 2. The Balaban J connectivity index is 1.58. The first-order valence-electron chi connectivity index (χ1n) is 7.65. The van der Waals surface area contributed by atoms with Gasteiger partial charge in [-0.2, -0.15) is 4.37 Å². The molecule has 2 aromatic rings. The summed E-state index contributed by atoms with van der Waals surface area (Å²) >= 11 is 3.07. The fourth-order valence-electron chi connectivity index (χ4n) is 2.99. The molecule has 21 heavy (non-hydrogen) atoms. The molecule has 1 saturated carbocycles. The highest BCUT2D eigenvalue weighted by Gasteiger charge is 2.17. The van der Waals surface area contributed by atoms with Crippen molar-refractivity contribution in [2.24, 2.45) is 5.92 Å². The van der Waals surface area contributed by atoms with E-state index in [0.29, 0.717) is 5.82 Å². The Hall–Kier alpha value is -1.14. The van der Waals surface area contributed by atoms with Crippen LogP contribution in [0.15, 0.2) is 5.38 Å². The maximum atomic E-state index is 6.01. The van der Waals surface area contributed by atoms with E-state index in [0.717, 1.165) is 33.7 Å². The summed E-state index contributed by atoms with van der Waals surface area (Å²) < 4.78 is 4.28. The van der Waals surface area contributed by atoms with Gasteiger partial charge in [0.15, 0.2) is 0 Å². The van der Waals surface area contributed by atoms with Crippen LogP contribution in [-0.4, -0.2) is 15.9 Å². The lowest BCUT2D eigenvalue weighted by atomic mass is 10.0. The number of nitrogens with one attached hydrogen (secondary N) is 1. The van der Waals surface area contributed by atoms with Crippen LogP contribution in [0.4, 0.5) is 10.8 Å². The number of anilines is 2. The van der Waals surface area contributed by atoms with Gasteiger partial charge in [-0.15, -0.1) is 11.3 Å². The molecule has 0 saturated heterocycles. The minimum atomic E-state index is 0.590. The Labute approximate surface area is 134 Å². The second kappa shape index (κ2) is 6.75. The van der Waals surface area contributed by atoms with Crippen molar-refractivity contribution in [3.63, 3.8) is 0 Å². The highest BCUT2D eigenvalue weighted by atomic mass is 32.1. The predicted octanol–water partition coefficient (Wildman–Crippen LogP) is 4.54.